The summed E-state index contributed by atoms with van der Waals surface area (Å²) in [5, 5.41) is 4.84. The van der Waals surface area contributed by atoms with Gasteiger partial charge in [0.05, 0.1) is 18.2 Å². The molecule has 0 aliphatic carbocycles. The molecule has 2 rings (SSSR count). The fourth-order valence-electron chi connectivity index (χ4n) is 2.32. The number of nitrogens with one attached hydrogen (secondary N) is 1. The van der Waals surface area contributed by atoms with Crippen LogP contribution in [-0.2, 0) is 9.59 Å². The van der Waals surface area contributed by atoms with E-state index in [1.807, 2.05) is 4.90 Å². The Labute approximate surface area is 120 Å². The topological polar surface area (TPSA) is 92.5 Å². The second-order valence-electron chi connectivity index (χ2n) is 4.75. The minimum atomic E-state index is -0.565. The molecular formula is C13H17N3O3S. The fraction of sp³-hybridized carbons (Fsp3) is 0.462. The number of piperidine rings is 1. The summed E-state index contributed by atoms with van der Waals surface area (Å²) in [6.45, 7) is 0.892. The lowest BCUT2D eigenvalue weighted by Crippen LogP contribution is -2.44. The number of nitrogens with two attached hydrogens (primary N) is 1. The monoisotopic (exact) mass is 295 g/mol. The van der Waals surface area contributed by atoms with Gasteiger partial charge >= 0.3 is 0 Å². The molecule has 7 heteroatoms. The quantitative estimate of drug-likeness (QED) is 0.787. The predicted octanol–water partition coefficient (Wildman–Crippen LogP) is 0.839. The van der Waals surface area contributed by atoms with Crippen LogP contribution in [0.25, 0.3) is 0 Å². The number of primary amides is 1. The Morgan fingerprint density at radius 1 is 1.50 bits per heavy atom. The van der Waals surface area contributed by atoms with Gasteiger partial charge in [-0.25, -0.2) is 0 Å². The summed E-state index contributed by atoms with van der Waals surface area (Å²) in [4.78, 5) is 36.0. The Morgan fingerprint density at radius 2 is 2.30 bits per heavy atom. The summed E-state index contributed by atoms with van der Waals surface area (Å²) in [6.07, 6.45) is 3.69. The number of rotatable bonds is 5. The molecule has 0 bridgehead atoms. The van der Waals surface area contributed by atoms with E-state index in [0.717, 1.165) is 32.1 Å². The molecule has 1 aliphatic rings. The first kappa shape index (κ1) is 14.7. The number of amides is 2. The Kier molecular flexibility index (Phi) is 4.86. The molecule has 1 atom stereocenters. The average molecular weight is 295 g/mol. The standard InChI is InChI=1S/C13H17N3O3S/c14-12(19)10-4-6-20-13(10)15-11(18)7-16-5-2-1-3-9(16)8-17/h4,6,8-9H,1-3,5,7H2,(H2,14,19)(H,15,18). The summed E-state index contributed by atoms with van der Waals surface area (Å²) < 4.78 is 0. The third-order valence-corrected chi connectivity index (χ3v) is 4.18. The number of aldehydes is 1. The zero-order chi connectivity index (χ0) is 14.5. The molecule has 0 spiro atoms. The van der Waals surface area contributed by atoms with E-state index < -0.39 is 5.91 Å². The van der Waals surface area contributed by atoms with E-state index >= 15 is 0 Å². The normalized spacial score (nSPS) is 19.5. The number of nitrogens with zero attached hydrogens (tertiary/aromatic N) is 1. The van der Waals surface area contributed by atoms with Gasteiger partial charge in [0.25, 0.3) is 5.91 Å². The Morgan fingerprint density at radius 3 is 3.00 bits per heavy atom. The van der Waals surface area contributed by atoms with Crippen molar-refractivity contribution < 1.29 is 14.4 Å². The van der Waals surface area contributed by atoms with Crippen molar-refractivity contribution in [3.63, 3.8) is 0 Å². The SMILES string of the molecule is NC(=O)c1ccsc1NC(=O)CN1CCCCC1C=O. The van der Waals surface area contributed by atoms with Crippen molar-refractivity contribution in [3.8, 4) is 0 Å². The van der Waals surface area contributed by atoms with Gasteiger partial charge in [-0.1, -0.05) is 6.42 Å². The smallest absolute Gasteiger partial charge is 0.251 e. The van der Waals surface area contributed by atoms with Gasteiger partial charge in [0.1, 0.15) is 11.3 Å². The molecule has 1 unspecified atom stereocenters. The Hall–Kier alpha value is -1.73. The summed E-state index contributed by atoms with van der Waals surface area (Å²) in [6, 6.07) is 1.39. The molecule has 2 amide bonds. The Balaban J connectivity index is 1.96. The van der Waals surface area contributed by atoms with Crippen LogP contribution >= 0.6 is 11.3 Å². The first-order valence-corrected chi connectivity index (χ1v) is 7.36. The molecule has 0 aromatic carbocycles. The number of hydrogen-bond donors (Lipinski definition) is 2. The third kappa shape index (κ3) is 3.43. The molecule has 0 radical (unpaired) electrons. The van der Waals surface area contributed by atoms with Crippen molar-refractivity contribution in [2.75, 3.05) is 18.4 Å². The van der Waals surface area contributed by atoms with Crippen LogP contribution < -0.4 is 11.1 Å². The second kappa shape index (κ2) is 6.62. The number of carbonyl (C=O) groups excluding carboxylic acids is 3. The average Bonchev–Trinajstić information content (AvgIpc) is 2.87. The van der Waals surface area contributed by atoms with Crippen LogP contribution in [-0.4, -0.2) is 42.1 Å². The zero-order valence-corrected chi connectivity index (χ0v) is 11.8. The minimum absolute atomic E-state index is 0.152. The van der Waals surface area contributed by atoms with Crippen molar-refractivity contribution in [1.82, 2.24) is 4.90 Å². The summed E-state index contributed by atoms with van der Waals surface area (Å²) in [5.41, 5.74) is 5.54. The van der Waals surface area contributed by atoms with E-state index in [4.69, 9.17) is 5.73 Å². The minimum Gasteiger partial charge on any atom is -0.366 e. The molecule has 0 saturated carbocycles. The van der Waals surface area contributed by atoms with Gasteiger partial charge in [0.15, 0.2) is 0 Å². The maximum Gasteiger partial charge on any atom is 0.251 e. The lowest BCUT2D eigenvalue weighted by molar-refractivity contribution is -0.120. The molecule has 1 aromatic heterocycles. The van der Waals surface area contributed by atoms with Gasteiger partial charge in [-0.2, -0.15) is 0 Å². The van der Waals surface area contributed by atoms with Crippen LogP contribution in [0.15, 0.2) is 11.4 Å². The van der Waals surface area contributed by atoms with Crippen molar-refractivity contribution in [1.29, 1.82) is 0 Å². The largest absolute Gasteiger partial charge is 0.366 e. The highest BCUT2D eigenvalue weighted by Gasteiger charge is 2.24. The van der Waals surface area contributed by atoms with Gasteiger partial charge in [0, 0.05) is 0 Å². The molecule has 108 valence electrons. The fourth-order valence-corrected chi connectivity index (χ4v) is 3.13. The first-order valence-electron chi connectivity index (χ1n) is 6.48. The van der Waals surface area contributed by atoms with Crippen molar-refractivity contribution in [2.45, 2.75) is 25.3 Å². The number of anilines is 1. The van der Waals surface area contributed by atoms with E-state index in [1.54, 1.807) is 11.4 Å². The second-order valence-corrected chi connectivity index (χ2v) is 5.66. The van der Waals surface area contributed by atoms with E-state index in [0.29, 0.717) is 10.6 Å². The molecule has 1 fully saturated rings. The van der Waals surface area contributed by atoms with Gasteiger partial charge in [-0.15, -0.1) is 11.3 Å². The van der Waals surface area contributed by atoms with Gasteiger partial charge in [0.2, 0.25) is 5.91 Å². The van der Waals surface area contributed by atoms with E-state index in [2.05, 4.69) is 5.32 Å². The van der Waals surface area contributed by atoms with Crippen LogP contribution in [0.3, 0.4) is 0 Å². The highest BCUT2D eigenvalue weighted by molar-refractivity contribution is 7.14. The molecule has 20 heavy (non-hydrogen) atoms. The van der Waals surface area contributed by atoms with Crippen molar-refractivity contribution in [2.24, 2.45) is 5.73 Å². The number of carbonyl (C=O) groups is 3. The van der Waals surface area contributed by atoms with Crippen LogP contribution in [0.4, 0.5) is 5.00 Å². The van der Waals surface area contributed by atoms with E-state index in [9.17, 15) is 14.4 Å². The molecule has 1 saturated heterocycles. The van der Waals surface area contributed by atoms with Crippen molar-refractivity contribution in [3.05, 3.63) is 17.0 Å². The van der Waals surface area contributed by atoms with Crippen LogP contribution in [0, 0.1) is 0 Å². The summed E-state index contributed by atoms with van der Waals surface area (Å²) >= 11 is 1.25. The molecular weight excluding hydrogens is 278 g/mol. The van der Waals surface area contributed by atoms with Gasteiger partial charge < -0.3 is 15.8 Å². The maximum atomic E-state index is 12.0. The molecule has 2 heterocycles. The zero-order valence-electron chi connectivity index (χ0n) is 11.0. The summed E-state index contributed by atoms with van der Waals surface area (Å²) in [5.74, 6) is -0.797. The lowest BCUT2D eigenvalue weighted by atomic mass is 10.0. The highest BCUT2D eigenvalue weighted by atomic mass is 32.1. The van der Waals surface area contributed by atoms with Gasteiger partial charge in [-0.3, -0.25) is 14.5 Å². The lowest BCUT2D eigenvalue weighted by Gasteiger charge is -2.31. The van der Waals surface area contributed by atoms with Crippen molar-refractivity contribution >= 4 is 34.4 Å². The third-order valence-electron chi connectivity index (χ3n) is 3.35. The van der Waals surface area contributed by atoms with E-state index in [-0.39, 0.29) is 18.5 Å². The van der Waals surface area contributed by atoms with Crippen LogP contribution in [0.5, 0.6) is 0 Å². The Bertz CT molecular complexity index is 515. The predicted molar refractivity (Wildman–Crippen MR) is 76.7 cm³/mol. The number of hydrogen-bond acceptors (Lipinski definition) is 5. The maximum absolute atomic E-state index is 12.0. The molecule has 6 nitrogen and oxygen atoms in total. The van der Waals surface area contributed by atoms with E-state index in [1.165, 1.54) is 11.3 Å². The highest BCUT2D eigenvalue weighted by Crippen LogP contribution is 2.23. The number of likely N-dealkylation sites (tertiary alicyclic amines) is 1. The first-order chi connectivity index (χ1) is 9.61. The number of thiophene rings is 1. The van der Waals surface area contributed by atoms with Crippen LogP contribution in [0.1, 0.15) is 29.6 Å². The molecule has 1 aromatic rings. The van der Waals surface area contributed by atoms with Crippen LogP contribution in [0.2, 0.25) is 0 Å². The summed E-state index contributed by atoms with van der Waals surface area (Å²) in [7, 11) is 0. The molecule has 1 aliphatic heterocycles. The molecule has 3 N–H and O–H groups in total. The van der Waals surface area contributed by atoms with Gasteiger partial charge in [-0.05, 0) is 30.8 Å².